The van der Waals surface area contributed by atoms with Gasteiger partial charge in [-0.25, -0.2) is 0 Å². The van der Waals surface area contributed by atoms with E-state index in [1.165, 1.54) is 59.8 Å². The molecular weight excluding hydrogens is 467 g/mol. The standard InChI is InChI=1S/3C5H8O2.Lu.H2O/c3*1-4(6)3-5(2)7;;/h3*3,6H,1-2H3;;1H2/b4-3+;2*4-3-;;. The van der Waals surface area contributed by atoms with Gasteiger partial charge >= 0.3 is 0 Å². The Labute approximate surface area is 165 Å². The van der Waals surface area contributed by atoms with E-state index in [9.17, 15) is 14.4 Å². The number of allylic oxidation sites excluding steroid dienone is 6. The van der Waals surface area contributed by atoms with Crippen LogP contribution in [-0.4, -0.2) is 38.1 Å². The molecule has 0 aromatic heterocycles. The second kappa shape index (κ2) is 20.8. The van der Waals surface area contributed by atoms with Gasteiger partial charge in [0.25, 0.3) is 0 Å². The van der Waals surface area contributed by atoms with Gasteiger partial charge in [-0.05, 0) is 41.5 Å². The van der Waals surface area contributed by atoms with Gasteiger partial charge in [0.15, 0.2) is 17.3 Å². The summed E-state index contributed by atoms with van der Waals surface area (Å²) in [6, 6.07) is 0. The van der Waals surface area contributed by atoms with E-state index in [0.29, 0.717) is 0 Å². The summed E-state index contributed by atoms with van der Waals surface area (Å²) in [4.78, 5) is 30.1. The molecule has 7 nitrogen and oxygen atoms in total. The summed E-state index contributed by atoms with van der Waals surface area (Å²) in [6.45, 7) is 8.54. The summed E-state index contributed by atoms with van der Waals surface area (Å²) in [5.41, 5.74) is 0. The molecule has 5 N–H and O–H groups in total. The van der Waals surface area contributed by atoms with Crippen LogP contribution in [-0.2, 0) is 14.4 Å². The second-order valence-electron chi connectivity index (χ2n) is 4.19. The Kier molecular flexibility index (Phi) is 30.3. The number of ketones is 3. The molecule has 0 aromatic rings. The smallest absolute Gasteiger partial charge is 0.155 e. The average Bonchev–Trinajstić information content (AvgIpc) is 2.10. The van der Waals surface area contributed by atoms with Gasteiger partial charge in [0.05, 0.1) is 17.3 Å². The SMILES string of the molecule is CC(=O)/C=C(/C)O.CC(=O)/C=C(/C)O.CC(=O)/C=C(\C)O.O.[Lu]. The third-order valence-electron chi connectivity index (χ3n) is 1.24. The van der Waals surface area contributed by atoms with Crippen LogP contribution in [0.15, 0.2) is 35.5 Å². The fourth-order valence-electron chi connectivity index (χ4n) is 0.882. The van der Waals surface area contributed by atoms with Gasteiger partial charge in [-0.3, -0.25) is 14.4 Å². The molecule has 0 aliphatic carbocycles. The molecule has 0 aliphatic heterocycles. The average molecular weight is 493 g/mol. The van der Waals surface area contributed by atoms with Crippen molar-refractivity contribution < 1.29 is 72.1 Å². The summed E-state index contributed by atoms with van der Waals surface area (Å²) in [6.07, 6.45) is 3.50. The van der Waals surface area contributed by atoms with E-state index in [1.807, 2.05) is 0 Å². The minimum absolute atomic E-state index is 0. The van der Waals surface area contributed by atoms with E-state index in [1.54, 1.807) is 0 Å². The number of aliphatic hydroxyl groups is 3. The van der Waals surface area contributed by atoms with Gasteiger partial charge < -0.3 is 20.8 Å². The summed E-state index contributed by atoms with van der Waals surface area (Å²) in [5.74, 6) is -0.187. The molecular formula is C15H26LuO7. The van der Waals surface area contributed by atoms with Crippen LogP contribution in [0, 0.1) is 36.9 Å². The fourth-order valence-corrected chi connectivity index (χ4v) is 0.882. The summed E-state index contributed by atoms with van der Waals surface area (Å²) in [5, 5.41) is 25.1. The molecule has 0 aliphatic rings. The van der Waals surface area contributed by atoms with Crippen molar-refractivity contribution in [3.63, 3.8) is 0 Å². The third-order valence-corrected chi connectivity index (χ3v) is 1.24. The predicted octanol–water partition coefficient (Wildman–Crippen LogP) is 2.29. The van der Waals surface area contributed by atoms with Crippen LogP contribution in [0.25, 0.3) is 0 Å². The Morgan fingerprint density at radius 2 is 0.696 bits per heavy atom. The van der Waals surface area contributed by atoms with E-state index in [2.05, 4.69) is 0 Å². The zero-order chi connectivity index (χ0) is 17.6. The first kappa shape index (κ1) is 33.4. The van der Waals surface area contributed by atoms with Crippen LogP contribution in [0.3, 0.4) is 0 Å². The molecule has 0 spiro atoms. The molecule has 0 aromatic carbocycles. The molecule has 23 heavy (non-hydrogen) atoms. The molecule has 0 atom stereocenters. The van der Waals surface area contributed by atoms with E-state index >= 15 is 0 Å². The van der Waals surface area contributed by atoms with Crippen LogP contribution in [0.1, 0.15) is 41.5 Å². The van der Waals surface area contributed by atoms with Crippen LogP contribution in [0.5, 0.6) is 0 Å². The number of carbonyl (C=O) groups is 3. The van der Waals surface area contributed by atoms with Crippen molar-refractivity contribution >= 4 is 17.3 Å². The van der Waals surface area contributed by atoms with Gasteiger partial charge in [0.2, 0.25) is 0 Å². The Bertz CT molecular complexity index is 370. The van der Waals surface area contributed by atoms with Crippen LogP contribution in [0.4, 0.5) is 0 Å². The Hall–Kier alpha value is -1.18. The van der Waals surface area contributed by atoms with Gasteiger partial charge in [0.1, 0.15) is 0 Å². The van der Waals surface area contributed by atoms with Crippen molar-refractivity contribution in [1.29, 1.82) is 0 Å². The molecule has 0 unspecified atom stereocenters. The van der Waals surface area contributed by atoms with Gasteiger partial charge in [-0.1, -0.05) is 0 Å². The van der Waals surface area contributed by atoms with E-state index < -0.39 is 0 Å². The maximum Gasteiger partial charge on any atom is 0.155 e. The van der Waals surface area contributed by atoms with Crippen molar-refractivity contribution in [3.8, 4) is 0 Å². The van der Waals surface area contributed by atoms with Crippen molar-refractivity contribution in [2.24, 2.45) is 0 Å². The van der Waals surface area contributed by atoms with Crippen LogP contribution < -0.4 is 0 Å². The summed E-state index contributed by atoms with van der Waals surface area (Å²) < 4.78 is 0. The second-order valence-corrected chi connectivity index (χ2v) is 4.19. The Balaban J connectivity index is -0.0000000675. The zero-order valence-electron chi connectivity index (χ0n) is 14.1. The monoisotopic (exact) mass is 493 g/mol. The van der Waals surface area contributed by atoms with Crippen LogP contribution in [0.2, 0.25) is 0 Å². The number of aliphatic hydroxyl groups excluding tert-OH is 3. The zero-order valence-corrected chi connectivity index (χ0v) is 15.7. The molecule has 0 heterocycles. The molecule has 0 saturated carbocycles. The Morgan fingerprint density at radius 3 is 0.696 bits per heavy atom. The number of rotatable bonds is 3. The topological polar surface area (TPSA) is 143 Å². The van der Waals surface area contributed by atoms with Crippen molar-refractivity contribution in [3.05, 3.63) is 35.5 Å². The maximum atomic E-state index is 10.0. The first-order valence-electron chi connectivity index (χ1n) is 6.02. The van der Waals surface area contributed by atoms with Gasteiger partial charge in [-0.15, -0.1) is 0 Å². The molecule has 0 rings (SSSR count). The van der Waals surface area contributed by atoms with Crippen molar-refractivity contribution in [2.45, 2.75) is 41.5 Å². The van der Waals surface area contributed by atoms with E-state index in [0.717, 1.165) is 0 Å². The molecule has 143 valence electrons. The summed E-state index contributed by atoms with van der Waals surface area (Å²) >= 11 is 0. The van der Waals surface area contributed by atoms with Crippen LogP contribution >= 0.6 is 0 Å². The molecule has 8 heteroatoms. The van der Waals surface area contributed by atoms with Crippen molar-refractivity contribution in [1.82, 2.24) is 0 Å². The third kappa shape index (κ3) is 63.0. The number of hydrogen-bond donors (Lipinski definition) is 3. The fraction of sp³-hybridized carbons (Fsp3) is 0.400. The molecule has 0 amide bonds. The minimum Gasteiger partial charge on any atom is -0.512 e. The molecule has 0 saturated heterocycles. The summed E-state index contributed by atoms with van der Waals surface area (Å²) in [7, 11) is 0. The molecule has 1 radical (unpaired) electrons. The quantitative estimate of drug-likeness (QED) is 0.407. The normalized spacial score (nSPS) is 10.4. The number of hydrogen-bond acceptors (Lipinski definition) is 6. The van der Waals surface area contributed by atoms with Gasteiger partial charge in [-0.2, -0.15) is 0 Å². The molecule has 0 bridgehead atoms. The first-order valence-corrected chi connectivity index (χ1v) is 6.02. The predicted molar refractivity (Wildman–Crippen MR) is 84.8 cm³/mol. The largest absolute Gasteiger partial charge is 0.512 e. The maximum absolute atomic E-state index is 10.0. The van der Waals surface area contributed by atoms with Gasteiger partial charge in [0, 0.05) is 55.1 Å². The molecule has 0 fully saturated rings. The van der Waals surface area contributed by atoms with E-state index in [4.69, 9.17) is 15.3 Å². The van der Waals surface area contributed by atoms with Crippen molar-refractivity contribution in [2.75, 3.05) is 0 Å². The minimum atomic E-state index is -0.125. The Morgan fingerprint density at radius 1 is 0.565 bits per heavy atom. The first-order chi connectivity index (χ1) is 9.38. The number of carbonyl (C=O) groups excluding carboxylic acids is 3. The van der Waals surface area contributed by atoms with E-state index in [-0.39, 0.29) is 77.0 Å².